The molecule has 3 aliphatic heterocycles. The summed E-state index contributed by atoms with van der Waals surface area (Å²) in [6, 6.07) is 6.12. The van der Waals surface area contributed by atoms with Crippen LogP contribution >= 0.6 is 45.9 Å². The van der Waals surface area contributed by atoms with Gasteiger partial charge in [0.05, 0.1) is 24.0 Å². The number of piperidine rings is 3. The lowest BCUT2D eigenvalue weighted by Gasteiger charge is -2.44. The summed E-state index contributed by atoms with van der Waals surface area (Å²) in [6.45, 7) is -0.212. The van der Waals surface area contributed by atoms with Crippen molar-refractivity contribution in [1.82, 2.24) is 9.88 Å². The topological polar surface area (TPSA) is 128 Å². The van der Waals surface area contributed by atoms with Crippen LogP contribution in [0.2, 0.25) is 10.0 Å². The van der Waals surface area contributed by atoms with Gasteiger partial charge in [-0.1, -0.05) is 29.3 Å². The van der Waals surface area contributed by atoms with E-state index in [2.05, 4.69) is 9.88 Å². The minimum absolute atomic E-state index is 0.0316. The van der Waals surface area contributed by atoms with E-state index in [9.17, 15) is 28.7 Å². The predicted molar refractivity (Wildman–Crippen MR) is 187 cm³/mol. The zero-order chi connectivity index (χ0) is 36.5. The normalized spacial score (nSPS) is 20.1. The Labute approximate surface area is 315 Å². The molecular formula is C35H34Cl2F2N4O7S2. The zero-order valence-electron chi connectivity index (χ0n) is 27.6. The Morgan fingerprint density at radius 3 is 2.48 bits per heavy atom. The molecule has 1 aliphatic carbocycles. The molecule has 1 saturated carbocycles. The number of carboxylic acid groups (broad SMARTS) is 1. The van der Waals surface area contributed by atoms with E-state index in [-0.39, 0.29) is 51.4 Å². The van der Waals surface area contributed by atoms with Crippen molar-refractivity contribution < 1.29 is 47.6 Å². The molecule has 1 amide bonds. The van der Waals surface area contributed by atoms with Gasteiger partial charge in [-0.3, -0.25) is 10.1 Å². The number of nitrogens with zero attached hydrogens (tertiary/aromatic N) is 4. The van der Waals surface area contributed by atoms with Crippen LogP contribution in [0.25, 0.3) is 0 Å². The van der Waals surface area contributed by atoms with E-state index < -0.39 is 24.6 Å². The highest BCUT2D eigenvalue weighted by Gasteiger charge is 2.38. The number of carboxylic acids is 1. The molecule has 2 atom stereocenters. The second kappa shape index (κ2) is 15.7. The number of amides is 1. The largest absolute Gasteiger partial charge is 0.544 e. The molecular weight excluding hydrogens is 761 g/mol. The van der Waals surface area contributed by atoms with Crippen molar-refractivity contribution in [3.05, 3.63) is 84.7 Å². The number of carbonyl (C=O) groups is 2. The number of halogens is 4. The van der Waals surface area contributed by atoms with Gasteiger partial charge in [-0.05, 0) is 86.4 Å². The van der Waals surface area contributed by atoms with E-state index >= 15 is 0 Å². The fourth-order valence-electron chi connectivity index (χ4n) is 6.79. The molecule has 3 saturated heterocycles. The van der Waals surface area contributed by atoms with Gasteiger partial charge in [0.25, 0.3) is 0 Å². The van der Waals surface area contributed by atoms with E-state index in [1.807, 2.05) is 0 Å². The predicted octanol–water partition coefficient (Wildman–Crippen LogP) is 6.40. The number of carbonyl (C=O) groups excluding carboxylic acids is 2. The molecule has 4 aliphatic rings. The van der Waals surface area contributed by atoms with Gasteiger partial charge in [0.2, 0.25) is 12.4 Å². The number of ether oxygens (including phenoxy) is 3. The van der Waals surface area contributed by atoms with Gasteiger partial charge in [-0.15, -0.1) is 22.7 Å². The summed E-state index contributed by atoms with van der Waals surface area (Å²) in [4.78, 5) is 35.0. The van der Waals surface area contributed by atoms with Crippen molar-refractivity contribution in [2.75, 3.05) is 31.1 Å². The minimum Gasteiger partial charge on any atom is -0.544 e. The molecule has 3 aromatic heterocycles. The smallest absolute Gasteiger partial charge is 0.416 e. The highest BCUT2D eigenvalue weighted by atomic mass is 35.5. The molecule has 1 N–H and O–H groups in total. The first-order chi connectivity index (χ1) is 25.0. The lowest BCUT2D eigenvalue weighted by Crippen LogP contribution is -2.53. The average molecular weight is 796 g/mol. The van der Waals surface area contributed by atoms with Crippen molar-refractivity contribution >= 4 is 63.1 Å². The SMILES string of the molecule is O=C([O-])c1sc(CN(C(=O)O[C@H]2CN3CCC2CC3)c2nccs2)cc1[C@@H](Cc1c(Cl)c[n+](O)cc1Cl)c1ccc(OC(F)F)c(OCC2CC2)c1. The van der Waals surface area contributed by atoms with Crippen LogP contribution in [0, 0.1) is 11.8 Å². The molecule has 11 nitrogen and oxygen atoms in total. The summed E-state index contributed by atoms with van der Waals surface area (Å²) in [5.41, 5.74) is 1.20. The van der Waals surface area contributed by atoms with E-state index in [1.165, 1.54) is 34.7 Å². The number of thiophene rings is 1. The Morgan fingerprint density at radius 2 is 1.87 bits per heavy atom. The molecule has 0 spiro atoms. The maximum Gasteiger partial charge on any atom is 0.416 e. The second-order valence-electron chi connectivity index (χ2n) is 13.2. The molecule has 1 aromatic carbocycles. The van der Waals surface area contributed by atoms with Crippen LogP contribution in [-0.4, -0.2) is 66.1 Å². The first-order valence-electron chi connectivity index (χ1n) is 16.8. The number of pyridine rings is 1. The van der Waals surface area contributed by atoms with Crippen LogP contribution in [0.5, 0.6) is 11.5 Å². The van der Waals surface area contributed by atoms with Crippen molar-refractivity contribution in [3.8, 4) is 11.5 Å². The number of hydrogen-bond donors (Lipinski definition) is 1. The quantitative estimate of drug-likeness (QED) is 0.114. The molecule has 4 fully saturated rings. The van der Waals surface area contributed by atoms with E-state index in [0.717, 1.165) is 50.1 Å². The maximum atomic E-state index is 13.8. The Kier molecular flexibility index (Phi) is 11.0. The molecule has 2 bridgehead atoms. The Balaban J connectivity index is 1.26. The summed E-state index contributed by atoms with van der Waals surface area (Å²) in [7, 11) is 0. The summed E-state index contributed by atoms with van der Waals surface area (Å²) in [6.07, 6.45) is 7.08. The first-order valence-corrected chi connectivity index (χ1v) is 19.2. The van der Waals surface area contributed by atoms with Gasteiger partial charge >= 0.3 is 12.7 Å². The van der Waals surface area contributed by atoms with Crippen molar-refractivity contribution in [2.45, 2.75) is 57.3 Å². The van der Waals surface area contributed by atoms with E-state index in [1.54, 1.807) is 29.8 Å². The van der Waals surface area contributed by atoms with E-state index in [4.69, 9.17) is 37.4 Å². The molecule has 17 heteroatoms. The average Bonchev–Trinajstić information content (AvgIpc) is 3.58. The third-order valence-corrected chi connectivity index (χ3v) is 12.2. The number of hydrogen-bond acceptors (Lipinski definition) is 11. The van der Waals surface area contributed by atoms with Gasteiger partial charge in [0.15, 0.2) is 16.6 Å². The molecule has 8 rings (SSSR count). The molecule has 6 heterocycles. The Bertz CT molecular complexity index is 1900. The van der Waals surface area contributed by atoms with Crippen LogP contribution in [0.15, 0.2) is 48.2 Å². The van der Waals surface area contributed by atoms with Gasteiger partial charge in [0.1, 0.15) is 16.1 Å². The monoisotopic (exact) mass is 794 g/mol. The second-order valence-corrected chi connectivity index (χ2v) is 16.0. The zero-order valence-corrected chi connectivity index (χ0v) is 30.7. The number of aromatic nitrogens is 2. The standard InChI is InChI=1S/C35H34Cl2F2N4O7S2/c36-26-15-42(47)16-27(37)25(26)13-23(21-3-4-28(49-33(38)39)29(11-21)48-18-19-1-2-19)24-12-22(52-31(24)32(44)45)14-43(34-40-7-10-51-34)35(46)50-30-17-41-8-5-20(30)6-9-41/h3-4,7,10-12,15-16,19-20,23,30,33H,1-2,5-6,8-9,13-14,17-18H2,(H-,44,45,47)/t23-,30-/m0/s1. The number of benzene rings is 1. The summed E-state index contributed by atoms with van der Waals surface area (Å²) < 4.78 is 44.2. The number of anilines is 1. The number of aromatic carboxylic acids is 1. The van der Waals surface area contributed by atoms with Gasteiger partial charge in [-0.2, -0.15) is 8.78 Å². The van der Waals surface area contributed by atoms with Gasteiger partial charge in [0, 0.05) is 39.2 Å². The number of fused-ring (bicyclic) bond motifs is 3. The van der Waals surface area contributed by atoms with Gasteiger partial charge < -0.3 is 24.1 Å². The van der Waals surface area contributed by atoms with Crippen LogP contribution in [0.1, 0.15) is 62.8 Å². The fraction of sp³-hybridized carbons (Fsp3) is 0.429. The molecule has 4 aromatic rings. The number of rotatable bonds is 14. The first kappa shape index (κ1) is 36.6. The molecule has 276 valence electrons. The molecule has 0 unspecified atom stereocenters. The highest BCUT2D eigenvalue weighted by molar-refractivity contribution is 7.14. The van der Waals surface area contributed by atoms with Crippen LogP contribution < -0.4 is 24.2 Å². The number of thiazole rings is 1. The van der Waals surface area contributed by atoms with Crippen molar-refractivity contribution in [2.24, 2.45) is 11.8 Å². The summed E-state index contributed by atoms with van der Waals surface area (Å²) in [5.74, 6) is -1.76. The molecule has 52 heavy (non-hydrogen) atoms. The lowest BCUT2D eigenvalue weighted by molar-refractivity contribution is -0.904. The van der Waals surface area contributed by atoms with Crippen molar-refractivity contribution in [1.29, 1.82) is 0 Å². The van der Waals surface area contributed by atoms with Crippen LogP contribution in [0.4, 0.5) is 18.7 Å². The van der Waals surface area contributed by atoms with Crippen molar-refractivity contribution in [3.63, 3.8) is 0 Å². The van der Waals surface area contributed by atoms with Gasteiger partial charge in [-0.25, -0.2) is 14.7 Å². The Hall–Kier alpha value is -3.76. The molecule has 0 radical (unpaired) electrons. The minimum atomic E-state index is -3.10. The fourth-order valence-corrected chi connectivity index (χ4v) is 9.07. The summed E-state index contributed by atoms with van der Waals surface area (Å²) >= 11 is 15.3. The third kappa shape index (κ3) is 8.38. The van der Waals surface area contributed by atoms with E-state index in [0.29, 0.717) is 50.5 Å². The maximum absolute atomic E-state index is 13.8. The Morgan fingerprint density at radius 1 is 1.12 bits per heavy atom. The highest BCUT2D eigenvalue weighted by Crippen LogP contribution is 2.42. The third-order valence-electron chi connectivity index (χ3n) is 9.64. The van der Waals surface area contributed by atoms with Crippen LogP contribution in [0.3, 0.4) is 0 Å². The summed E-state index contributed by atoms with van der Waals surface area (Å²) in [5, 5.41) is 25.1. The van der Waals surface area contributed by atoms with Crippen LogP contribution in [-0.2, 0) is 17.7 Å². The lowest BCUT2D eigenvalue weighted by atomic mass is 9.85. The number of alkyl halides is 2.